The van der Waals surface area contributed by atoms with Gasteiger partial charge in [0.2, 0.25) is 10.0 Å². The second-order valence-electron chi connectivity index (χ2n) is 3.77. The minimum atomic E-state index is -4.69. The first kappa shape index (κ1) is 14.0. The second-order valence-corrected chi connectivity index (χ2v) is 5.45. The monoisotopic (exact) mass is 267 g/mol. The van der Waals surface area contributed by atoms with Crippen LogP contribution < -0.4 is 4.72 Å². The Bertz CT molecular complexity index is 495. The predicted octanol–water partition coefficient (Wildman–Crippen LogP) is 2.39. The molecule has 7 heteroatoms. The standard InChI is InChI=1S/C10H12F3NO2S/c1-7(2)14-17(15,16)9-6-4-3-5-8(9)10(11,12)13/h3-7,14H,1-2H3. The second kappa shape index (κ2) is 4.66. The molecule has 1 rings (SSSR count). The zero-order chi connectivity index (χ0) is 13.3. The van der Waals surface area contributed by atoms with E-state index in [1.54, 1.807) is 0 Å². The van der Waals surface area contributed by atoms with E-state index in [4.69, 9.17) is 0 Å². The molecule has 96 valence electrons. The molecule has 3 nitrogen and oxygen atoms in total. The first-order valence-corrected chi connectivity index (χ1v) is 6.31. The van der Waals surface area contributed by atoms with E-state index in [1.807, 2.05) is 0 Å². The van der Waals surface area contributed by atoms with Crippen LogP contribution in [0.15, 0.2) is 29.2 Å². The summed E-state index contributed by atoms with van der Waals surface area (Å²) in [5, 5.41) is 0. The lowest BCUT2D eigenvalue weighted by atomic mass is 10.2. The number of hydrogen-bond donors (Lipinski definition) is 1. The Morgan fingerprint density at radius 1 is 1.18 bits per heavy atom. The molecule has 0 spiro atoms. The highest BCUT2D eigenvalue weighted by atomic mass is 32.2. The van der Waals surface area contributed by atoms with E-state index in [0.717, 1.165) is 18.2 Å². The number of benzene rings is 1. The molecule has 0 saturated heterocycles. The largest absolute Gasteiger partial charge is 0.417 e. The Labute approximate surface area is 97.7 Å². The molecule has 0 aromatic heterocycles. The molecular weight excluding hydrogens is 255 g/mol. The van der Waals surface area contributed by atoms with Crippen LogP contribution in [-0.4, -0.2) is 14.5 Å². The number of nitrogens with one attached hydrogen (secondary N) is 1. The van der Waals surface area contributed by atoms with Crippen molar-refractivity contribution < 1.29 is 21.6 Å². The third kappa shape index (κ3) is 3.44. The van der Waals surface area contributed by atoms with Crippen molar-refractivity contribution in [3.8, 4) is 0 Å². The molecule has 0 saturated carbocycles. The summed E-state index contributed by atoms with van der Waals surface area (Å²) >= 11 is 0. The Kier molecular flexibility index (Phi) is 3.83. The molecule has 17 heavy (non-hydrogen) atoms. The van der Waals surface area contributed by atoms with Crippen molar-refractivity contribution >= 4 is 10.0 Å². The Balaban J connectivity index is 3.33. The van der Waals surface area contributed by atoms with Crippen LogP contribution in [0.3, 0.4) is 0 Å². The van der Waals surface area contributed by atoms with Gasteiger partial charge in [0.05, 0.1) is 10.5 Å². The van der Waals surface area contributed by atoms with Crippen LogP contribution >= 0.6 is 0 Å². The average Bonchev–Trinajstić information content (AvgIpc) is 2.14. The van der Waals surface area contributed by atoms with E-state index in [9.17, 15) is 21.6 Å². The molecule has 0 amide bonds. The summed E-state index contributed by atoms with van der Waals surface area (Å²) in [4.78, 5) is -0.749. The van der Waals surface area contributed by atoms with Crippen molar-refractivity contribution in [2.24, 2.45) is 0 Å². The van der Waals surface area contributed by atoms with Crippen LogP contribution in [0.2, 0.25) is 0 Å². The van der Waals surface area contributed by atoms with Crippen molar-refractivity contribution in [1.82, 2.24) is 4.72 Å². The van der Waals surface area contributed by atoms with Gasteiger partial charge in [0.25, 0.3) is 0 Å². The first-order valence-electron chi connectivity index (χ1n) is 4.83. The fraction of sp³-hybridized carbons (Fsp3) is 0.400. The Hall–Kier alpha value is -1.08. The summed E-state index contributed by atoms with van der Waals surface area (Å²) < 4.78 is 63.4. The van der Waals surface area contributed by atoms with Crippen LogP contribution in [0.25, 0.3) is 0 Å². The first-order chi connectivity index (χ1) is 7.64. The summed E-state index contributed by atoms with van der Waals surface area (Å²) in [5.41, 5.74) is -1.16. The molecule has 1 aromatic carbocycles. The summed E-state index contributed by atoms with van der Waals surface area (Å²) in [6, 6.07) is 3.62. The molecule has 0 atom stereocenters. The van der Waals surface area contributed by atoms with Crippen LogP contribution in [0.1, 0.15) is 19.4 Å². The van der Waals surface area contributed by atoms with Gasteiger partial charge in [0, 0.05) is 6.04 Å². The zero-order valence-electron chi connectivity index (χ0n) is 9.25. The van der Waals surface area contributed by atoms with E-state index in [2.05, 4.69) is 4.72 Å². The van der Waals surface area contributed by atoms with E-state index >= 15 is 0 Å². The molecule has 0 bridgehead atoms. The number of halogens is 3. The predicted molar refractivity (Wildman–Crippen MR) is 56.9 cm³/mol. The molecule has 0 fully saturated rings. The topological polar surface area (TPSA) is 46.2 Å². The molecule has 0 unspecified atom stereocenters. The summed E-state index contributed by atoms with van der Waals surface area (Å²) in [5.74, 6) is 0. The van der Waals surface area contributed by atoms with Gasteiger partial charge in [-0.3, -0.25) is 0 Å². The third-order valence-corrected chi connectivity index (χ3v) is 3.59. The van der Waals surface area contributed by atoms with Crippen molar-refractivity contribution in [1.29, 1.82) is 0 Å². The zero-order valence-corrected chi connectivity index (χ0v) is 10.1. The normalized spacial score (nSPS) is 13.1. The fourth-order valence-corrected chi connectivity index (χ4v) is 2.79. The maximum atomic E-state index is 12.6. The lowest BCUT2D eigenvalue weighted by Crippen LogP contribution is -2.31. The maximum Gasteiger partial charge on any atom is 0.417 e. The van der Waals surface area contributed by atoms with Gasteiger partial charge in [-0.15, -0.1) is 0 Å². The SMILES string of the molecule is CC(C)NS(=O)(=O)c1ccccc1C(F)(F)F. The van der Waals surface area contributed by atoms with Gasteiger partial charge < -0.3 is 0 Å². The Morgan fingerprint density at radius 3 is 2.18 bits per heavy atom. The van der Waals surface area contributed by atoms with Gasteiger partial charge in [0.1, 0.15) is 0 Å². The number of sulfonamides is 1. The van der Waals surface area contributed by atoms with E-state index in [1.165, 1.54) is 19.9 Å². The van der Waals surface area contributed by atoms with E-state index in [0.29, 0.717) is 0 Å². The fourth-order valence-electron chi connectivity index (χ4n) is 1.31. The smallest absolute Gasteiger partial charge is 0.209 e. The van der Waals surface area contributed by atoms with Crippen LogP contribution in [0.5, 0.6) is 0 Å². The summed E-state index contributed by atoms with van der Waals surface area (Å²) in [6.45, 7) is 3.07. The molecule has 0 radical (unpaired) electrons. The van der Waals surface area contributed by atoms with Crippen molar-refractivity contribution in [2.75, 3.05) is 0 Å². The van der Waals surface area contributed by atoms with Gasteiger partial charge in [0.15, 0.2) is 0 Å². The molecule has 1 N–H and O–H groups in total. The minimum absolute atomic E-state index is 0.471. The average molecular weight is 267 g/mol. The Morgan fingerprint density at radius 2 is 1.71 bits per heavy atom. The molecule has 0 aliphatic heterocycles. The summed E-state index contributed by atoms with van der Waals surface area (Å²) in [7, 11) is -4.14. The van der Waals surface area contributed by atoms with Crippen molar-refractivity contribution in [3.05, 3.63) is 29.8 Å². The van der Waals surface area contributed by atoms with Gasteiger partial charge in [-0.1, -0.05) is 12.1 Å². The molecule has 0 heterocycles. The molecule has 0 aliphatic rings. The number of hydrogen-bond acceptors (Lipinski definition) is 2. The van der Waals surface area contributed by atoms with Crippen molar-refractivity contribution in [3.63, 3.8) is 0 Å². The molecule has 0 aliphatic carbocycles. The lowest BCUT2D eigenvalue weighted by Gasteiger charge is -2.15. The van der Waals surface area contributed by atoms with E-state index in [-0.39, 0.29) is 0 Å². The molecular formula is C10H12F3NO2S. The van der Waals surface area contributed by atoms with Gasteiger partial charge in [-0.2, -0.15) is 13.2 Å². The highest BCUT2D eigenvalue weighted by molar-refractivity contribution is 7.89. The van der Waals surface area contributed by atoms with E-state index < -0.39 is 32.7 Å². The minimum Gasteiger partial charge on any atom is -0.209 e. The third-order valence-electron chi connectivity index (χ3n) is 1.87. The van der Waals surface area contributed by atoms with Crippen LogP contribution in [-0.2, 0) is 16.2 Å². The quantitative estimate of drug-likeness (QED) is 0.914. The van der Waals surface area contributed by atoms with Gasteiger partial charge >= 0.3 is 6.18 Å². The van der Waals surface area contributed by atoms with Crippen LogP contribution in [0, 0.1) is 0 Å². The number of alkyl halides is 3. The number of rotatable bonds is 3. The van der Waals surface area contributed by atoms with Gasteiger partial charge in [-0.05, 0) is 26.0 Å². The van der Waals surface area contributed by atoms with Crippen LogP contribution in [0.4, 0.5) is 13.2 Å². The molecule has 1 aromatic rings. The highest BCUT2D eigenvalue weighted by Crippen LogP contribution is 2.33. The summed E-state index contributed by atoms with van der Waals surface area (Å²) in [6.07, 6.45) is -4.69. The maximum absolute atomic E-state index is 12.6. The lowest BCUT2D eigenvalue weighted by molar-refractivity contribution is -0.139. The highest BCUT2D eigenvalue weighted by Gasteiger charge is 2.36. The van der Waals surface area contributed by atoms with Gasteiger partial charge in [-0.25, -0.2) is 13.1 Å². The van der Waals surface area contributed by atoms with Crippen molar-refractivity contribution in [2.45, 2.75) is 31.0 Å².